The maximum absolute atomic E-state index is 8.52. The molecule has 0 heterocycles. The van der Waals surface area contributed by atoms with Gasteiger partial charge in [-0.2, -0.15) is 0 Å². The van der Waals surface area contributed by atoms with E-state index in [2.05, 4.69) is 0 Å². The third kappa shape index (κ3) is 213. The minimum absolute atomic E-state index is 0. The Balaban J connectivity index is -0.0000000286. The summed E-state index contributed by atoms with van der Waals surface area (Å²) >= 11 is 0. The minimum atomic E-state index is -5.17. The van der Waals surface area contributed by atoms with Crippen LogP contribution >= 0.6 is 0 Å². The van der Waals surface area contributed by atoms with Crippen molar-refractivity contribution in [3.8, 4) is 0 Å². The predicted octanol–water partition coefficient (Wildman–Crippen LogP) is -4.24. The Morgan fingerprint density at radius 3 is 1.22 bits per heavy atom. The smallest absolute Gasteiger partial charge is 0.759 e. The van der Waals surface area contributed by atoms with Crippen molar-refractivity contribution in [2.45, 2.75) is 0 Å². The molecule has 0 unspecified atom stereocenters. The van der Waals surface area contributed by atoms with Crippen LogP contribution in [0.25, 0.3) is 0 Å². The molecule has 0 aromatic carbocycles. The summed E-state index contributed by atoms with van der Waals surface area (Å²) in [6.07, 6.45) is 0. The average molecular weight is 227 g/mol. The van der Waals surface area contributed by atoms with Gasteiger partial charge in [0.1, 0.15) is 0 Å². The Morgan fingerprint density at radius 2 is 1.22 bits per heavy atom. The largest absolute Gasteiger partial charge is 2.00 e. The molecule has 0 rings (SSSR count). The van der Waals surface area contributed by atoms with E-state index in [0.717, 1.165) is 0 Å². The van der Waals surface area contributed by atoms with E-state index in [-0.39, 0.29) is 70.9 Å². The molecule has 0 atom stereocenters. The second-order valence-corrected chi connectivity index (χ2v) is 1.22. The van der Waals surface area contributed by atoms with Gasteiger partial charge in [0.2, 0.25) is 0 Å². The third-order valence-corrected chi connectivity index (χ3v) is 0. The molecule has 0 aromatic rings. The molecule has 0 aliphatic carbocycles. The van der Waals surface area contributed by atoms with Crippen LogP contribution in [0.3, 0.4) is 0 Å². The fourth-order valence-electron chi connectivity index (χ4n) is 0. The van der Waals surface area contributed by atoms with Gasteiger partial charge in [-0.05, 0) is 0 Å². The summed E-state index contributed by atoms with van der Waals surface area (Å²) in [5.41, 5.74) is 0. The second-order valence-electron chi connectivity index (χ2n) is 0.408. The first-order chi connectivity index (χ1) is 3.00. The molecule has 0 radical (unpaired) electrons. The minimum Gasteiger partial charge on any atom is -0.759 e. The SMILES string of the molecule is O=S(=O)([O-])[O-].[C-]#N.[K+].[Zn+2]. The molecule has 0 saturated carbocycles. The monoisotopic (exact) mass is 225 g/mol. The zero-order valence-corrected chi connectivity index (χ0v) is 11.6. The molecule has 0 aromatic heterocycles. The van der Waals surface area contributed by atoms with E-state index in [9.17, 15) is 0 Å². The van der Waals surface area contributed by atoms with Crippen LogP contribution < -0.4 is 51.4 Å². The molecule has 0 saturated heterocycles. The van der Waals surface area contributed by atoms with Crippen molar-refractivity contribution in [2.75, 3.05) is 0 Å². The molecule has 0 N–H and O–H groups in total. The summed E-state index contributed by atoms with van der Waals surface area (Å²) in [5, 5.41) is 6.25. The van der Waals surface area contributed by atoms with Crippen molar-refractivity contribution in [2.24, 2.45) is 0 Å². The maximum Gasteiger partial charge on any atom is 2.00 e. The average Bonchev–Trinajstić information content (AvgIpc) is 1.36. The van der Waals surface area contributed by atoms with Crippen LogP contribution in [0.15, 0.2) is 0 Å². The quantitative estimate of drug-likeness (QED) is 0.180. The first-order valence-corrected chi connectivity index (χ1v) is 2.22. The summed E-state index contributed by atoms with van der Waals surface area (Å²) < 4.78 is 34.1. The number of hydrogen-bond donors (Lipinski definition) is 0. The molecule has 8 heteroatoms. The summed E-state index contributed by atoms with van der Waals surface area (Å²) in [6.45, 7) is 4.75. The second kappa shape index (κ2) is 12.3. The fraction of sp³-hybridized carbons (Fsp3) is 0. The Hall–Kier alpha value is 1.62. The van der Waals surface area contributed by atoms with Gasteiger partial charge in [-0.3, -0.25) is 8.42 Å². The molecular formula is CKNO4SZn. The van der Waals surface area contributed by atoms with E-state index in [0.29, 0.717) is 0 Å². The van der Waals surface area contributed by atoms with Gasteiger partial charge in [0, 0.05) is 10.4 Å². The van der Waals surface area contributed by atoms with Crippen LogP contribution in [0, 0.1) is 11.8 Å². The molecule has 0 amide bonds. The van der Waals surface area contributed by atoms with E-state index in [4.69, 9.17) is 29.4 Å². The van der Waals surface area contributed by atoms with Crippen molar-refractivity contribution in [1.29, 1.82) is 5.26 Å². The van der Waals surface area contributed by atoms with Crippen molar-refractivity contribution in [3.05, 3.63) is 6.57 Å². The van der Waals surface area contributed by atoms with E-state index in [1.54, 1.807) is 0 Å². The Bertz CT molecular complexity index is 132. The first kappa shape index (κ1) is 22.4. The van der Waals surface area contributed by atoms with Crippen LogP contribution in [0.2, 0.25) is 0 Å². The van der Waals surface area contributed by atoms with Crippen molar-refractivity contribution < 1.29 is 88.4 Å². The molecule has 5 nitrogen and oxygen atoms in total. The first-order valence-electron chi connectivity index (χ1n) is 0.890. The van der Waals surface area contributed by atoms with Crippen LogP contribution in [-0.4, -0.2) is 17.5 Å². The normalized spacial score (nSPS) is 6.67. The molecular weight excluding hydrogens is 227 g/mol. The van der Waals surface area contributed by atoms with Gasteiger partial charge >= 0.3 is 70.9 Å². The van der Waals surface area contributed by atoms with Gasteiger partial charge in [0.05, 0.1) is 0 Å². The molecule has 0 fully saturated rings. The Labute approximate surface area is 109 Å². The molecule has 9 heavy (non-hydrogen) atoms. The van der Waals surface area contributed by atoms with E-state index in [1.165, 1.54) is 0 Å². The Morgan fingerprint density at radius 1 is 1.22 bits per heavy atom. The molecule has 0 aliphatic rings. The summed E-state index contributed by atoms with van der Waals surface area (Å²) in [4.78, 5) is 0. The standard InChI is InChI=1S/CN.K.H2O4S.Zn/c1-2;;1-5(2,3)4;/h;;(H2,1,2,3,4);/q-1;+1;;+2/p-2. The molecule has 0 spiro atoms. The van der Waals surface area contributed by atoms with Crippen LogP contribution in [0.5, 0.6) is 0 Å². The van der Waals surface area contributed by atoms with Gasteiger partial charge in [-0.1, -0.05) is 0 Å². The van der Waals surface area contributed by atoms with Crippen molar-refractivity contribution >= 4 is 10.4 Å². The molecule has 0 bridgehead atoms. The van der Waals surface area contributed by atoms with Gasteiger partial charge in [0.25, 0.3) is 0 Å². The van der Waals surface area contributed by atoms with E-state index < -0.39 is 10.4 Å². The topological polar surface area (TPSA) is 104 Å². The molecule has 42 valence electrons. The maximum atomic E-state index is 8.52. The molecule has 0 aliphatic heterocycles. The van der Waals surface area contributed by atoms with Crippen LogP contribution in [0.4, 0.5) is 0 Å². The van der Waals surface area contributed by atoms with Gasteiger partial charge < -0.3 is 20.9 Å². The van der Waals surface area contributed by atoms with Crippen LogP contribution in [0.1, 0.15) is 0 Å². The van der Waals surface area contributed by atoms with Gasteiger partial charge in [0.15, 0.2) is 0 Å². The summed E-state index contributed by atoms with van der Waals surface area (Å²) in [7, 11) is -5.17. The number of nitrogens with zero attached hydrogens (tertiary/aromatic N) is 1. The summed E-state index contributed by atoms with van der Waals surface area (Å²) in [6, 6.07) is 0. The fourth-order valence-corrected chi connectivity index (χ4v) is 0. The predicted molar refractivity (Wildman–Crippen MR) is 15.4 cm³/mol. The third-order valence-electron chi connectivity index (χ3n) is 0. The van der Waals surface area contributed by atoms with Crippen molar-refractivity contribution in [1.82, 2.24) is 0 Å². The number of hydrogen-bond acceptors (Lipinski definition) is 5. The van der Waals surface area contributed by atoms with E-state index >= 15 is 0 Å². The van der Waals surface area contributed by atoms with Crippen LogP contribution in [-0.2, 0) is 29.9 Å². The zero-order valence-electron chi connectivity index (χ0n) is 4.70. The Kier molecular flexibility index (Phi) is 30.7. The summed E-state index contributed by atoms with van der Waals surface area (Å²) in [5.74, 6) is 0. The van der Waals surface area contributed by atoms with Gasteiger partial charge in [-0.15, -0.1) is 0 Å². The zero-order chi connectivity index (χ0) is 6.50. The number of rotatable bonds is 0. The van der Waals surface area contributed by atoms with Gasteiger partial charge in [-0.25, -0.2) is 0 Å². The van der Waals surface area contributed by atoms with Crippen molar-refractivity contribution in [3.63, 3.8) is 0 Å². The van der Waals surface area contributed by atoms with E-state index in [1.807, 2.05) is 0 Å².